The average molecular weight is 619 g/mol. The molecule has 7 rings (SSSR count). The summed E-state index contributed by atoms with van der Waals surface area (Å²) < 4.78 is 53.5. The number of benzene rings is 1. The predicted octanol–water partition coefficient (Wildman–Crippen LogP) is 6.50. The normalized spacial score (nSPS) is 11.6. The van der Waals surface area contributed by atoms with Gasteiger partial charge in [0.1, 0.15) is 5.52 Å². The molecule has 0 aliphatic heterocycles. The maximum absolute atomic E-state index is 14.2. The first kappa shape index (κ1) is 28.2. The van der Waals surface area contributed by atoms with E-state index in [1.165, 1.54) is 32.4 Å². The Hall–Kier alpha value is -4.94. The summed E-state index contributed by atoms with van der Waals surface area (Å²) in [4.78, 5) is 18.9. The van der Waals surface area contributed by atoms with Gasteiger partial charge in [-0.25, -0.2) is 26.7 Å². The fourth-order valence-corrected chi connectivity index (χ4v) is 6.36. The van der Waals surface area contributed by atoms with Crippen LogP contribution in [0.5, 0.6) is 11.6 Å². The number of aryl methyl sites for hydroxylation is 1. The molecule has 0 saturated heterocycles. The van der Waals surface area contributed by atoms with Crippen molar-refractivity contribution in [1.29, 1.82) is 0 Å². The topological polar surface area (TPSA) is 128 Å². The molecule has 0 amide bonds. The Labute approximate surface area is 250 Å². The minimum absolute atomic E-state index is 0.00296. The van der Waals surface area contributed by atoms with Crippen molar-refractivity contribution in [2.24, 2.45) is 0 Å². The predicted molar refractivity (Wildman–Crippen MR) is 163 cm³/mol. The van der Waals surface area contributed by atoms with E-state index in [-0.39, 0.29) is 32.5 Å². The van der Waals surface area contributed by atoms with Gasteiger partial charge in [0.05, 0.1) is 52.6 Å². The van der Waals surface area contributed by atoms with Crippen LogP contribution in [-0.4, -0.2) is 51.5 Å². The average Bonchev–Trinajstić information content (AvgIpc) is 3.75. The minimum atomic E-state index is -4.15. The van der Waals surface area contributed by atoms with Gasteiger partial charge >= 0.3 is 0 Å². The lowest BCUT2D eigenvalue weighted by atomic mass is 10.2. The molecule has 0 radical (unpaired) electrons. The lowest BCUT2D eigenvalue weighted by molar-refractivity contribution is 0.344. The van der Waals surface area contributed by atoms with Crippen LogP contribution in [0.4, 0.5) is 4.39 Å². The standard InChI is InChI=1S/C23H18ClFN4O4S.C7H6N2/c1-12-4-6-13(7-5-12)34(30,31)29-18(8-14-20(24)16(25)11-27-22(14)29)15-10-26-17-9-19(32-2)23(33-3)28-21(15)17;1-2-6-7(8-4-1)3-5-9-6/h4-11,26H,1-3H3;1-5,9H. The third-order valence-electron chi connectivity index (χ3n) is 6.83. The number of nitrogens with zero attached hydrogens (tertiary/aromatic N) is 4. The van der Waals surface area contributed by atoms with Crippen LogP contribution in [0.15, 0.2) is 84.3 Å². The second-order valence-corrected chi connectivity index (χ2v) is 11.6. The Morgan fingerprint density at radius 3 is 2.49 bits per heavy atom. The number of rotatable bonds is 5. The largest absolute Gasteiger partial charge is 0.491 e. The first-order valence-corrected chi connectivity index (χ1v) is 14.7. The summed E-state index contributed by atoms with van der Waals surface area (Å²) >= 11 is 6.21. The molecule has 218 valence electrons. The van der Waals surface area contributed by atoms with Crippen molar-refractivity contribution in [3.05, 3.63) is 95.8 Å². The van der Waals surface area contributed by atoms with E-state index in [1.54, 1.807) is 30.6 Å². The maximum Gasteiger partial charge on any atom is 0.269 e. The van der Waals surface area contributed by atoms with Crippen LogP contribution >= 0.6 is 11.6 Å². The van der Waals surface area contributed by atoms with Crippen LogP contribution in [0, 0.1) is 12.7 Å². The van der Waals surface area contributed by atoms with Crippen molar-refractivity contribution in [2.45, 2.75) is 11.8 Å². The Bertz CT molecular complexity index is 2200. The second kappa shape index (κ2) is 11.0. The van der Waals surface area contributed by atoms with E-state index in [1.807, 2.05) is 31.3 Å². The Morgan fingerprint density at radius 2 is 1.77 bits per heavy atom. The third-order valence-corrected chi connectivity index (χ3v) is 8.93. The second-order valence-electron chi connectivity index (χ2n) is 9.48. The fourth-order valence-electron chi connectivity index (χ4n) is 4.70. The summed E-state index contributed by atoms with van der Waals surface area (Å²) in [6, 6.07) is 15.5. The van der Waals surface area contributed by atoms with Gasteiger partial charge in [0.25, 0.3) is 15.9 Å². The molecule has 43 heavy (non-hydrogen) atoms. The summed E-state index contributed by atoms with van der Waals surface area (Å²) in [6.45, 7) is 1.86. The zero-order valence-corrected chi connectivity index (χ0v) is 24.7. The lowest BCUT2D eigenvalue weighted by Gasteiger charge is -2.12. The van der Waals surface area contributed by atoms with Crippen LogP contribution < -0.4 is 9.47 Å². The molecule has 1 aromatic carbocycles. The number of pyridine rings is 3. The number of H-pyrrole nitrogens is 2. The lowest BCUT2D eigenvalue weighted by Crippen LogP contribution is -2.14. The minimum Gasteiger partial charge on any atom is -0.491 e. The zero-order valence-electron chi connectivity index (χ0n) is 23.1. The molecule has 6 heterocycles. The van der Waals surface area contributed by atoms with Crippen molar-refractivity contribution in [3.63, 3.8) is 0 Å². The van der Waals surface area contributed by atoms with Crippen LogP contribution in [0.2, 0.25) is 5.02 Å². The van der Waals surface area contributed by atoms with Crippen molar-refractivity contribution < 1.29 is 22.3 Å². The number of aromatic amines is 2. The van der Waals surface area contributed by atoms with E-state index in [9.17, 15) is 12.8 Å². The van der Waals surface area contributed by atoms with E-state index in [2.05, 4.69) is 24.9 Å². The summed E-state index contributed by atoms with van der Waals surface area (Å²) in [5.74, 6) is -0.126. The highest BCUT2D eigenvalue weighted by molar-refractivity contribution is 7.90. The highest BCUT2D eigenvalue weighted by Gasteiger charge is 2.28. The summed E-state index contributed by atoms with van der Waals surface area (Å²) in [7, 11) is -1.20. The molecule has 0 atom stereocenters. The molecule has 0 unspecified atom stereocenters. The molecule has 0 spiro atoms. The van der Waals surface area contributed by atoms with Crippen molar-refractivity contribution in [2.75, 3.05) is 14.2 Å². The molecule has 0 aliphatic rings. The Kier molecular flexibility index (Phi) is 7.24. The molecule has 13 heteroatoms. The number of aromatic nitrogens is 6. The van der Waals surface area contributed by atoms with Crippen LogP contribution in [0.25, 0.3) is 44.4 Å². The van der Waals surface area contributed by atoms with Gasteiger partial charge in [0, 0.05) is 35.6 Å². The Morgan fingerprint density at radius 1 is 0.977 bits per heavy atom. The first-order chi connectivity index (χ1) is 20.7. The third kappa shape index (κ3) is 4.94. The number of ether oxygens (including phenoxy) is 2. The number of hydrogen-bond acceptors (Lipinski definition) is 7. The van der Waals surface area contributed by atoms with Gasteiger partial charge < -0.3 is 19.4 Å². The van der Waals surface area contributed by atoms with E-state index in [4.69, 9.17) is 21.1 Å². The number of halogens is 2. The fraction of sp³-hybridized carbons (Fsp3) is 0.100. The highest BCUT2D eigenvalue weighted by atomic mass is 35.5. The monoisotopic (exact) mass is 618 g/mol. The zero-order chi connectivity index (χ0) is 30.3. The van der Waals surface area contributed by atoms with E-state index < -0.39 is 15.8 Å². The number of hydrogen-bond donors (Lipinski definition) is 2. The molecular formula is C30H24ClFN6O4S. The summed E-state index contributed by atoms with van der Waals surface area (Å²) in [5, 5.41) is -0.0710. The molecule has 0 aliphatic carbocycles. The van der Waals surface area contributed by atoms with Crippen LogP contribution in [0.1, 0.15) is 5.56 Å². The molecular weight excluding hydrogens is 595 g/mol. The van der Waals surface area contributed by atoms with Gasteiger partial charge in [-0.1, -0.05) is 29.3 Å². The van der Waals surface area contributed by atoms with Crippen LogP contribution in [0.3, 0.4) is 0 Å². The van der Waals surface area contributed by atoms with E-state index >= 15 is 0 Å². The van der Waals surface area contributed by atoms with E-state index in [0.29, 0.717) is 22.3 Å². The molecule has 0 bridgehead atoms. The van der Waals surface area contributed by atoms with Gasteiger partial charge in [0.2, 0.25) is 0 Å². The van der Waals surface area contributed by atoms with E-state index in [0.717, 1.165) is 26.8 Å². The van der Waals surface area contributed by atoms with Crippen molar-refractivity contribution >= 4 is 54.7 Å². The molecule has 6 aromatic heterocycles. The number of methoxy groups -OCH3 is 2. The first-order valence-electron chi connectivity index (χ1n) is 12.9. The summed E-state index contributed by atoms with van der Waals surface area (Å²) in [6.07, 6.45) is 6.18. The van der Waals surface area contributed by atoms with Gasteiger partial charge in [-0.2, -0.15) is 0 Å². The molecule has 0 saturated carbocycles. The quantitative estimate of drug-likeness (QED) is 0.225. The van der Waals surface area contributed by atoms with Gasteiger partial charge in [0.15, 0.2) is 17.2 Å². The number of nitrogens with one attached hydrogen (secondary N) is 2. The molecule has 0 fully saturated rings. The van der Waals surface area contributed by atoms with Gasteiger partial charge in [-0.05, 0) is 43.3 Å². The van der Waals surface area contributed by atoms with Crippen molar-refractivity contribution in [1.82, 2.24) is 28.9 Å². The van der Waals surface area contributed by atoms with Gasteiger partial charge in [-0.3, -0.25) is 4.98 Å². The number of fused-ring (bicyclic) bond motifs is 3. The SMILES string of the molecule is COc1cc2[nH]cc(-c3cc4c(Cl)c(F)cnc4n3S(=O)(=O)c3ccc(C)cc3)c2nc1OC.c1cnc2cc[nH]c2c1. The molecule has 2 N–H and O–H groups in total. The smallest absolute Gasteiger partial charge is 0.269 e. The maximum atomic E-state index is 14.2. The molecule has 10 nitrogen and oxygen atoms in total. The van der Waals surface area contributed by atoms with Crippen molar-refractivity contribution in [3.8, 4) is 22.9 Å². The van der Waals surface area contributed by atoms with Gasteiger partial charge in [-0.15, -0.1) is 0 Å². The molecule has 7 aromatic rings. The van der Waals surface area contributed by atoms with Crippen LogP contribution in [-0.2, 0) is 10.0 Å². The highest BCUT2D eigenvalue weighted by Crippen LogP contribution is 2.39. The summed E-state index contributed by atoms with van der Waals surface area (Å²) in [5.41, 5.74) is 4.68. The Balaban J connectivity index is 0.000000310.